The SMILES string of the molecule is CC.CCOC/C=C(\C=C/CO)C(=O)Nc1ccc(C#N)cc1C(=O)O. The van der Waals surface area contributed by atoms with Crippen LogP contribution in [0.3, 0.4) is 0 Å². The van der Waals surface area contributed by atoms with E-state index in [1.54, 1.807) is 0 Å². The Morgan fingerprint density at radius 1 is 1.35 bits per heavy atom. The van der Waals surface area contributed by atoms with Crippen LogP contribution >= 0.6 is 0 Å². The van der Waals surface area contributed by atoms with E-state index >= 15 is 0 Å². The minimum atomic E-state index is -1.26. The van der Waals surface area contributed by atoms with Crippen LogP contribution in [0, 0.1) is 11.3 Å². The maximum absolute atomic E-state index is 12.3. The average Bonchev–Trinajstić information content (AvgIpc) is 2.66. The molecule has 26 heavy (non-hydrogen) atoms. The van der Waals surface area contributed by atoms with Gasteiger partial charge in [0.2, 0.25) is 0 Å². The van der Waals surface area contributed by atoms with Gasteiger partial charge in [-0.25, -0.2) is 4.79 Å². The molecule has 7 heteroatoms. The number of amides is 1. The molecule has 0 bridgehead atoms. The fourth-order valence-electron chi connectivity index (χ4n) is 1.78. The second-order valence-electron chi connectivity index (χ2n) is 4.54. The molecule has 1 rings (SSSR count). The number of aliphatic hydroxyl groups is 1. The molecule has 1 aromatic rings. The van der Waals surface area contributed by atoms with E-state index in [4.69, 9.17) is 15.1 Å². The lowest BCUT2D eigenvalue weighted by atomic mass is 10.1. The molecule has 0 saturated heterocycles. The lowest BCUT2D eigenvalue weighted by molar-refractivity contribution is -0.112. The van der Waals surface area contributed by atoms with Gasteiger partial charge in [0.15, 0.2) is 0 Å². The van der Waals surface area contributed by atoms with Crippen LogP contribution in [0.2, 0.25) is 0 Å². The number of carboxylic acids is 1. The summed E-state index contributed by atoms with van der Waals surface area (Å²) in [6, 6.07) is 5.80. The van der Waals surface area contributed by atoms with Crippen LogP contribution in [0.25, 0.3) is 0 Å². The van der Waals surface area contributed by atoms with E-state index in [1.165, 1.54) is 36.4 Å². The van der Waals surface area contributed by atoms with Crippen LogP contribution in [0.15, 0.2) is 42.0 Å². The highest BCUT2D eigenvalue weighted by Crippen LogP contribution is 2.18. The third-order valence-corrected chi connectivity index (χ3v) is 2.92. The van der Waals surface area contributed by atoms with E-state index in [2.05, 4.69) is 5.32 Å². The van der Waals surface area contributed by atoms with Crippen molar-refractivity contribution in [3.8, 4) is 6.07 Å². The largest absolute Gasteiger partial charge is 0.478 e. The zero-order valence-corrected chi connectivity index (χ0v) is 15.2. The first kappa shape index (κ1) is 23.1. The van der Waals surface area contributed by atoms with Crippen LogP contribution in [-0.4, -0.2) is 41.9 Å². The van der Waals surface area contributed by atoms with Gasteiger partial charge in [-0.2, -0.15) is 5.26 Å². The number of nitrogens with zero attached hydrogens (tertiary/aromatic N) is 1. The fourth-order valence-corrected chi connectivity index (χ4v) is 1.78. The first-order chi connectivity index (χ1) is 12.5. The Morgan fingerprint density at radius 2 is 2.04 bits per heavy atom. The van der Waals surface area contributed by atoms with Gasteiger partial charge in [0, 0.05) is 12.2 Å². The summed E-state index contributed by atoms with van der Waals surface area (Å²) in [7, 11) is 0. The monoisotopic (exact) mass is 360 g/mol. The Hall–Kier alpha value is -2.95. The van der Waals surface area contributed by atoms with E-state index in [0.717, 1.165) is 0 Å². The molecule has 0 spiro atoms. The molecule has 3 N–H and O–H groups in total. The van der Waals surface area contributed by atoms with Gasteiger partial charge in [0.25, 0.3) is 5.91 Å². The summed E-state index contributed by atoms with van der Waals surface area (Å²) in [5.41, 5.74) is 0.291. The molecule has 140 valence electrons. The van der Waals surface area contributed by atoms with E-state index in [0.29, 0.717) is 6.61 Å². The molecule has 1 aromatic carbocycles. The van der Waals surface area contributed by atoms with Crippen molar-refractivity contribution in [2.75, 3.05) is 25.1 Å². The third-order valence-electron chi connectivity index (χ3n) is 2.92. The smallest absolute Gasteiger partial charge is 0.337 e. The number of aromatic carboxylic acids is 1. The Kier molecular flexibility index (Phi) is 11.8. The zero-order chi connectivity index (χ0) is 19.9. The molecule has 0 radical (unpaired) electrons. The topological polar surface area (TPSA) is 120 Å². The van der Waals surface area contributed by atoms with Crippen LogP contribution < -0.4 is 5.32 Å². The molecule has 0 saturated carbocycles. The van der Waals surface area contributed by atoms with Crippen molar-refractivity contribution in [2.24, 2.45) is 0 Å². The van der Waals surface area contributed by atoms with Crippen molar-refractivity contribution >= 4 is 17.6 Å². The Bertz CT molecular complexity index is 702. The number of benzene rings is 1. The van der Waals surface area contributed by atoms with Gasteiger partial charge >= 0.3 is 5.97 Å². The highest BCUT2D eigenvalue weighted by atomic mass is 16.5. The molecular weight excluding hydrogens is 336 g/mol. The molecule has 0 aliphatic carbocycles. The van der Waals surface area contributed by atoms with Crippen LogP contribution in [0.5, 0.6) is 0 Å². The van der Waals surface area contributed by atoms with Gasteiger partial charge in [-0.3, -0.25) is 4.79 Å². The summed E-state index contributed by atoms with van der Waals surface area (Å²) in [6.07, 6.45) is 4.32. The molecule has 0 aromatic heterocycles. The minimum absolute atomic E-state index is 0.0752. The summed E-state index contributed by atoms with van der Waals surface area (Å²) in [6.45, 7) is 6.26. The number of anilines is 1. The van der Waals surface area contributed by atoms with Gasteiger partial charge in [0.1, 0.15) is 0 Å². The van der Waals surface area contributed by atoms with Gasteiger partial charge in [-0.05, 0) is 31.2 Å². The lowest BCUT2D eigenvalue weighted by Crippen LogP contribution is -2.16. The molecular formula is C19H24N2O5. The highest BCUT2D eigenvalue weighted by molar-refractivity contribution is 6.08. The average molecular weight is 360 g/mol. The first-order valence-electron chi connectivity index (χ1n) is 8.17. The van der Waals surface area contributed by atoms with Crippen molar-refractivity contribution in [1.29, 1.82) is 5.26 Å². The normalized spacial score (nSPS) is 10.7. The molecule has 0 aliphatic heterocycles. The summed E-state index contributed by atoms with van der Waals surface area (Å²) < 4.78 is 5.15. The van der Waals surface area contributed by atoms with Gasteiger partial charge < -0.3 is 20.3 Å². The Labute approximate surface area is 153 Å². The number of carbonyl (C=O) groups is 2. The van der Waals surface area contributed by atoms with Crippen LogP contribution in [0.1, 0.15) is 36.7 Å². The zero-order valence-electron chi connectivity index (χ0n) is 15.2. The second-order valence-corrected chi connectivity index (χ2v) is 4.54. The number of nitrogens with one attached hydrogen (secondary N) is 1. The highest BCUT2D eigenvalue weighted by Gasteiger charge is 2.15. The fraction of sp³-hybridized carbons (Fsp3) is 0.316. The van der Waals surface area contributed by atoms with Crippen molar-refractivity contribution < 1.29 is 24.5 Å². The Morgan fingerprint density at radius 3 is 2.58 bits per heavy atom. The Balaban J connectivity index is 0.00000301. The van der Waals surface area contributed by atoms with Gasteiger partial charge in [0.05, 0.1) is 36.1 Å². The summed E-state index contributed by atoms with van der Waals surface area (Å²) in [4.78, 5) is 23.6. The summed E-state index contributed by atoms with van der Waals surface area (Å²) in [5.74, 6) is -1.81. The number of carboxylic acid groups (broad SMARTS) is 1. The number of nitriles is 1. The van der Waals surface area contributed by atoms with Crippen LogP contribution in [-0.2, 0) is 9.53 Å². The second kappa shape index (κ2) is 13.4. The number of hydrogen-bond donors (Lipinski definition) is 3. The van der Waals surface area contributed by atoms with Crippen molar-refractivity contribution in [1.82, 2.24) is 0 Å². The van der Waals surface area contributed by atoms with Gasteiger partial charge in [-0.15, -0.1) is 0 Å². The molecule has 7 nitrogen and oxygen atoms in total. The van der Waals surface area contributed by atoms with Crippen molar-refractivity contribution in [3.63, 3.8) is 0 Å². The summed E-state index contributed by atoms with van der Waals surface area (Å²) in [5, 5.41) is 29.4. The lowest BCUT2D eigenvalue weighted by Gasteiger charge is -2.10. The van der Waals surface area contributed by atoms with E-state index in [1.807, 2.05) is 26.8 Å². The van der Waals surface area contributed by atoms with Crippen molar-refractivity contribution in [2.45, 2.75) is 20.8 Å². The van der Waals surface area contributed by atoms with Crippen LogP contribution in [0.4, 0.5) is 5.69 Å². The van der Waals surface area contributed by atoms with E-state index in [-0.39, 0.29) is 35.6 Å². The predicted molar refractivity (Wildman–Crippen MR) is 98.9 cm³/mol. The predicted octanol–water partition coefficient (Wildman–Crippen LogP) is 2.73. The van der Waals surface area contributed by atoms with E-state index in [9.17, 15) is 14.7 Å². The molecule has 0 heterocycles. The molecule has 1 amide bonds. The molecule has 0 unspecified atom stereocenters. The third kappa shape index (κ3) is 7.75. The number of aliphatic hydroxyl groups excluding tert-OH is 1. The molecule has 0 aliphatic rings. The van der Waals surface area contributed by atoms with E-state index < -0.39 is 11.9 Å². The minimum Gasteiger partial charge on any atom is -0.478 e. The number of carbonyl (C=O) groups excluding carboxylic acids is 1. The molecule has 0 fully saturated rings. The first-order valence-corrected chi connectivity index (χ1v) is 8.17. The maximum Gasteiger partial charge on any atom is 0.337 e. The molecule has 0 atom stereocenters. The van der Waals surface area contributed by atoms with Gasteiger partial charge in [-0.1, -0.05) is 26.0 Å². The maximum atomic E-state index is 12.3. The number of hydrogen-bond acceptors (Lipinski definition) is 5. The quantitative estimate of drug-likeness (QED) is 0.372. The number of ether oxygens (including phenoxy) is 1. The summed E-state index contributed by atoms with van der Waals surface area (Å²) >= 11 is 0. The van der Waals surface area contributed by atoms with Crippen molar-refractivity contribution in [3.05, 3.63) is 53.1 Å². The number of rotatable bonds is 8. The standard InChI is InChI=1S/C17H18N2O5.C2H6/c1-2-24-9-7-13(4-3-8-20)16(21)19-15-6-5-12(11-18)10-14(15)17(22)23;1-2/h3-7,10,20H,2,8-9H2,1H3,(H,19,21)(H,22,23);1-2H3/b4-3-,13-7+;.